The Hall–Kier alpha value is -1.60. The summed E-state index contributed by atoms with van der Waals surface area (Å²) in [7, 11) is -3.16. The SMILES string of the molecule is CS(=O)(=O)N1CCC(C(=O)Nc2cccc3c2OCCC3)CC1. The van der Waals surface area contributed by atoms with Gasteiger partial charge in [0.05, 0.1) is 18.6 Å². The van der Waals surface area contributed by atoms with Crippen molar-refractivity contribution in [2.75, 3.05) is 31.3 Å². The summed E-state index contributed by atoms with van der Waals surface area (Å²) in [5.74, 6) is 0.564. The normalized spacial score (nSPS) is 19.7. The number of hydrogen-bond donors (Lipinski definition) is 1. The molecular weight excluding hydrogens is 316 g/mol. The van der Waals surface area contributed by atoms with Gasteiger partial charge in [-0.1, -0.05) is 12.1 Å². The van der Waals surface area contributed by atoms with E-state index in [1.807, 2.05) is 18.2 Å². The molecule has 0 unspecified atom stereocenters. The van der Waals surface area contributed by atoms with Crippen molar-refractivity contribution in [2.45, 2.75) is 25.7 Å². The summed E-state index contributed by atoms with van der Waals surface area (Å²) < 4.78 is 30.2. The Morgan fingerprint density at radius 1 is 1.30 bits per heavy atom. The van der Waals surface area contributed by atoms with Crippen LogP contribution in [0.1, 0.15) is 24.8 Å². The van der Waals surface area contributed by atoms with Gasteiger partial charge in [-0.2, -0.15) is 0 Å². The van der Waals surface area contributed by atoms with Gasteiger partial charge in [0.1, 0.15) is 5.75 Å². The molecule has 0 bridgehead atoms. The van der Waals surface area contributed by atoms with Gasteiger partial charge < -0.3 is 10.1 Å². The number of rotatable bonds is 3. The highest BCUT2D eigenvalue weighted by atomic mass is 32.2. The number of carbonyl (C=O) groups excluding carboxylic acids is 1. The zero-order valence-corrected chi connectivity index (χ0v) is 14.1. The molecule has 0 spiro atoms. The minimum atomic E-state index is -3.16. The number of benzene rings is 1. The first-order valence-electron chi connectivity index (χ1n) is 7.96. The molecule has 1 aromatic carbocycles. The first kappa shape index (κ1) is 16.3. The van der Waals surface area contributed by atoms with E-state index in [9.17, 15) is 13.2 Å². The third-order valence-corrected chi connectivity index (χ3v) is 5.79. The Bertz CT molecular complexity index is 694. The van der Waals surface area contributed by atoms with Gasteiger partial charge in [0.25, 0.3) is 0 Å². The number of nitrogens with zero attached hydrogens (tertiary/aromatic N) is 1. The van der Waals surface area contributed by atoms with Crippen molar-refractivity contribution in [2.24, 2.45) is 5.92 Å². The van der Waals surface area contributed by atoms with E-state index in [1.54, 1.807) is 0 Å². The molecule has 0 radical (unpaired) electrons. The maximum Gasteiger partial charge on any atom is 0.227 e. The summed E-state index contributed by atoms with van der Waals surface area (Å²) in [6, 6.07) is 5.80. The van der Waals surface area contributed by atoms with Crippen LogP contribution in [0.4, 0.5) is 5.69 Å². The largest absolute Gasteiger partial charge is 0.491 e. The predicted octanol–water partition coefficient (Wildman–Crippen LogP) is 1.62. The molecule has 2 aliphatic heterocycles. The lowest BCUT2D eigenvalue weighted by Crippen LogP contribution is -2.40. The number of piperidine rings is 1. The second-order valence-electron chi connectivity index (χ2n) is 6.17. The van der Waals surface area contributed by atoms with Crippen LogP contribution in [0, 0.1) is 5.92 Å². The molecule has 0 saturated carbocycles. The van der Waals surface area contributed by atoms with Crippen LogP contribution in [-0.4, -0.2) is 44.6 Å². The Kier molecular flexibility index (Phi) is 4.59. The Morgan fingerprint density at radius 3 is 2.74 bits per heavy atom. The average Bonchev–Trinajstić information content (AvgIpc) is 2.54. The molecule has 126 valence electrons. The third-order valence-electron chi connectivity index (χ3n) is 4.49. The Labute approximate surface area is 136 Å². The summed E-state index contributed by atoms with van der Waals surface area (Å²) in [6.45, 7) is 1.48. The summed E-state index contributed by atoms with van der Waals surface area (Å²) in [4.78, 5) is 12.5. The topological polar surface area (TPSA) is 75.7 Å². The number of nitrogens with one attached hydrogen (secondary N) is 1. The van der Waals surface area contributed by atoms with Gasteiger partial charge in [0, 0.05) is 19.0 Å². The fraction of sp³-hybridized carbons (Fsp3) is 0.562. The maximum atomic E-state index is 12.5. The molecule has 23 heavy (non-hydrogen) atoms. The van der Waals surface area contributed by atoms with E-state index in [1.165, 1.54) is 10.6 Å². The highest BCUT2D eigenvalue weighted by molar-refractivity contribution is 7.88. The number of hydrogen-bond acceptors (Lipinski definition) is 4. The summed E-state index contributed by atoms with van der Waals surface area (Å²) in [5.41, 5.74) is 1.85. The Balaban J connectivity index is 1.65. The van der Waals surface area contributed by atoms with E-state index in [0.29, 0.717) is 32.5 Å². The number of sulfonamides is 1. The first-order valence-corrected chi connectivity index (χ1v) is 9.80. The number of para-hydroxylation sites is 1. The predicted molar refractivity (Wildman–Crippen MR) is 88.0 cm³/mol. The second-order valence-corrected chi connectivity index (χ2v) is 8.15. The van der Waals surface area contributed by atoms with Gasteiger partial charge >= 0.3 is 0 Å². The lowest BCUT2D eigenvalue weighted by Gasteiger charge is -2.29. The molecule has 1 saturated heterocycles. The van der Waals surface area contributed by atoms with Gasteiger partial charge in [-0.05, 0) is 37.3 Å². The summed E-state index contributed by atoms with van der Waals surface area (Å²) >= 11 is 0. The van der Waals surface area contributed by atoms with Crippen molar-refractivity contribution in [3.63, 3.8) is 0 Å². The van der Waals surface area contributed by atoms with Crippen molar-refractivity contribution in [3.05, 3.63) is 23.8 Å². The van der Waals surface area contributed by atoms with Crippen molar-refractivity contribution in [3.8, 4) is 5.75 Å². The molecular formula is C16H22N2O4S. The van der Waals surface area contributed by atoms with Crippen LogP contribution >= 0.6 is 0 Å². The van der Waals surface area contributed by atoms with E-state index in [0.717, 1.165) is 29.8 Å². The van der Waals surface area contributed by atoms with Gasteiger partial charge in [-0.3, -0.25) is 4.79 Å². The second kappa shape index (κ2) is 6.49. The van der Waals surface area contributed by atoms with Gasteiger partial charge in [-0.15, -0.1) is 0 Å². The molecule has 3 rings (SSSR count). The molecule has 0 aromatic heterocycles. The molecule has 2 aliphatic rings. The monoisotopic (exact) mass is 338 g/mol. The van der Waals surface area contributed by atoms with Crippen molar-refractivity contribution in [1.29, 1.82) is 0 Å². The molecule has 7 heteroatoms. The highest BCUT2D eigenvalue weighted by Gasteiger charge is 2.29. The highest BCUT2D eigenvalue weighted by Crippen LogP contribution is 2.33. The number of amides is 1. The van der Waals surface area contributed by atoms with Crippen LogP contribution < -0.4 is 10.1 Å². The van der Waals surface area contributed by atoms with Crippen molar-refractivity contribution >= 4 is 21.6 Å². The van der Waals surface area contributed by atoms with Gasteiger partial charge in [0.2, 0.25) is 15.9 Å². The third kappa shape index (κ3) is 3.67. The van der Waals surface area contributed by atoms with Gasteiger partial charge in [-0.25, -0.2) is 12.7 Å². The van der Waals surface area contributed by atoms with E-state index in [-0.39, 0.29) is 11.8 Å². The number of aryl methyl sites for hydroxylation is 1. The fourth-order valence-corrected chi connectivity index (χ4v) is 4.05. The minimum Gasteiger partial charge on any atom is -0.491 e. The summed E-state index contributed by atoms with van der Waals surface area (Å²) in [6.07, 6.45) is 4.27. The first-order chi connectivity index (χ1) is 10.9. The average molecular weight is 338 g/mol. The van der Waals surface area contributed by atoms with E-state index in [4.69, 9.17) is 4.74 Å². The molecule has 6 nitrogen and oxygen atoms in total. The molecule has 0 aliphatic carbocycles. The minimum absolute atomic E-state index is 0.0549. The van der Waals surface area contributed by atoms with E-state index < -0.39 is 10.0 Å². The van der Waals surface area contributed by atoms with Crippen LogP contribution in [0.3, 0.4) is 0 Å². The molecule has 2 heterocycles. The molecule has 0 atom stereocenters. The zero-order valence-electron chi connectivity index (χ0n) is 13.2. The fourth-order valence-electron chi connectivity index (χ4n) is 3.17. The van der Waals surface area contributed by atoms with Crippen LogP contribution in [0.15, 0.2) is 18.2 Å². The van der Waals surface area contributed by atoms with Crippen LogP contribution in [-0.2, 0) is 21.2 Å². The van der Waals surface area contributed by atoms with E-state index >= 15 is 0 Å². The molecule has 1 N–H and O–H groups in total. The summed E-state index contributed by atoms with van der Waals surface area (Å²) in [5, 5.41) is 2.96. The molecule has 1 fully saturated rings. The van der Waals surface area contributed by atoms with Crippen molar-refractivity contribution in [1.82, 2.24) is 4.31 Å². The van der Waals surface area contributed by atoms with Gasteiger partial charge in [0.15, 0.2) is 0 Å². The smallest absolute Gasteiger partial charge is 0.227 e. The molecule has 1 aromatic rings. The van der Waals surface area contributed by atoms with Crippen LogP contribution in [0.25, 0.3) is 0 Å². The molecule has 1 amide bonds. The van der Waals surface area contributed by atoms with Crippen molar-refractivity contribution < 1.29 is 17.9 Å². The number of anilines is 1. The Morgan fingerprint density at radius 2 is 2.04 bits per heavy atom. The number of carbonyl (C=O) groups is 1. The van der Waals surface area contributed by atoms with E-state index in [2.05, 4.69) is 5.32 Å². The quantitative estimate of drug-likeness (QED) is 0.909. The number of ether oxygens (including phenoxy) is 1. The maximum absolute atomic E-state index is 12.5. The van der Waals surface area contributed by atoms with Crippen LogP contribution in [0.5, 0.6) is 5.75 Å². The van der Waals surface area contributed by atoms with Crippen LogP contribution in [0.2, 0.25) is 0 Å². The standard InChI is InChI=1S/C16H22N2O4S/c1-23(20,21)18-9-7-13(8-10-18)16(19)17-14-6-2-4-12-5-3-11-22-15(12)14/h2,4,6,13H,3,5,7-11H2,1H3,(H,17,19). The lowest BCUT2D eigenvalue weighted by molar-refractivity contribution is -0.120. The zero-order chi connectivity index (χ0) is 16.4. The lowest BCUT2D eigenvalue weighted by atomic mass is 9.97. The number of fused-ring (bicyclic) bond motifs is 1.